The first-order valence-corrected chi connectivity index (χ1v) is 2.35. The van der Waals surface area contributed by atoms with Crippen molar-refractivity contribution in [2.45, 2.75) is 0 Å². The van der Waals surface area contributed by atoms with Crippen molar-refractivity contribution in [3.05, 3.63) is 0 Å². The molecule has 0 amide bonds. The van der Waals surface area contributed by atoms with Gasteiger partial charge in [-0.3, -0.25) is 0 Å². The molecule has 0 saturated heterocycles. The molecule has 0 atom stereocenters. The van der Waals surface area contributed by atoms with Crippen LogP contribution >= 0.6 is 7.82 Å². The third-order valence-electron chi connectivity index (χ3n) is 0. The molecule has 8 heavy (non-hydrogen) atoms. The van der Waals surface area contributed by atoms with Crippen molar-refractivity contribution in [3.63, 3.8) is 0 Å². The van der Waals surface area contributed by atoms with Gasteiger partial charge in [-0.15, -0.1) is 0 Å². The Labute approximate surface area is 119 Å². The summed E-state index contributed by atoms with van der Waals surface area (Å²) in [6.45, 7) is 0. The van der Waals surface area contributed by atoms with Crippen molar-refractivity contribution in [3.8, 4) is 0 Å². The molecule has 4 nitrogen and oxygen atoms in total. The Hall–Kier alpha value is 3.06. The molecule has 0 unspecified atom stereocenters. The summed E-state index contributed by atoms with van der Waals surface area (Å²) in [4.78, 5) is 21.6. The summed E-state index contributed by atoms with van der Waals surface area (Å²) in [5.41, 5.74) is 0. The van der Waals surface area contributed by atoms with Gasteiger partial charge in [0.2, 0.25) is 0 Å². The van der Waals surface area contributed by atoms with Crippen molar-refractivity contribution in [1.82, 2.24) is 0 Å². The summed E-state index contributed by atoms with van der Waals surface area (Å²) in [5, 5.41) is 0. The van der Waals surface area contributed by atoms with Crippen LogP contribution in [0.4, 0.5) is 0 Å². The first kappa shape index (κ1) is 22.5. The van der Waals surface area contributed by atoms with E-state index in [2.05, 4.69) is 0 Å². The second-order valence-electron chi connectivity index (χ2n) is 0.513. The van der Waals surface area contributed by atoms with Gasteiger partial charge in [-0.1, -0.05) is 0 Å². The van der Waals surface area contributed by atoms with Crippen molar-refractivity contribution in [2.24, 2.45) is 0 Å². The molecule has 0 aromatic rings. The third-order valence-corrected chi connectivity index (χ3v) is 0. The molecule has 0 bridgehead atoms. The Kier molecular flexibility index (Phi) is 28.2. The molecule has 3 N–H and O–H groups in total. The molecule has 0 aliphatic rings. The second-order valence-corrected chi connectivity index (χ2v) is 1.54. The van der Waals surface area contributed by atoms with Gasteiger partial charge in [-0.2, -0.15) is 0 Å². The molecular weight excluding hydrogens is 382 g/mol. The van der Waals surface area contributed by atoms with Gasteiger partial charge in [0.15, 0.2) is 0 Å². The maximum Gasteiger partial charge on any atom is 2.00 e. The van der Waals surface area contributed by atoms with Gasteiger partial charge >= 0.3 is 56.7 Å². The number of hydrogen-bond acceptors (Lipinski definition) is 1. The van der Waals surface area contributed by atoms with Crippen LogP contribution < -0.4 is 0 Å². The normalized spacial score (nSPS) is 7.38. The molecule has 0 spiro atoms. The van der Waals surface area contributed by atoms with Gasteiger partial charge in [0.1, 0.15) is 0 Å². The Balaban J connectivity index is -0.00000000800. The van der Waals surface area contributed by atoms with Crippen molar-refractivity contribution >= 4 is 56.7 Å². The Bertz CT molecular complexity index is 69.4. The standard InChI is InChI=1S/Ba.Ni.H3O4P.Zr.2H/c;;1-5(2,3)4;;;/h;;(H3,1,2,3,4);;;/q+2;;;;2*-1. The van der Waals surface area contributed by atoms with Gasteiger partial charge in [0.05, 0.1) is 0 Å². The van der Waals surface area contributed by atoms with Crippen LogP contribution in [0.3, 0.4) is 0 Å². The zero-order valence-electron chi connectivity index (χ0n) is 5.72. The monoisotopic (exact) mass is 386 g/mol. The fraction of sp³-hybridized carbons (Fsp3) is 0. The van der Waals surface area contributed by atoms with Crippen LogP contribution in [0.25, 0.3) is 0 Å². The summed E-state index contributed by atoms with van der Waals surface area (Å²) >= 11 is 0. The Morgan fingerprint density at radius 2 is 1.25 bits per heavy atom. The SMILES string of the molecule is O=P(O)(O)O.[Ba+2].[H-].[H-].[Ni].[Zr]. The Morgan fingerprint density at radius 3 is 1.25 bits per heavy atom. The molecular formula is H5BaNiO4PZr. The van der Waals surface area contributed by atoms with Crippen molar-refractivity contribution < 1.29 is 64.8 Å². The van der Waals surface area contributed by atoms with Gasteiger partial charge < -0.3 is 17.5 Å². The van der Waals surface area contributed by atoms with Crippen LogP contribution in [-0.2, 0) is 47.3 Å². The summed E-state index contributed by atoms with van der Waals surface area (Å²) in [6.07, 6.45) is 0. The van der Waals surface area contributed by atoms with E-state index in [0.29, 0.717) is 0 Å². The summed E-state index contributed by atoms with van der Waals surface area (Å²) in [7, 11) is -4.64. The molecule has 0 saturated carbocycles. The van der Waals surface area contributed by atoms with Gasteiger partial charge in [-0.25, -0.2) is 4.57 Å². The third kappa shape index (κ3) is 62.9. The molecule has 0 rings (SSSR count). The topological polar surface area (TPSA) is 77.8 Å². The van der Waals surface area contributed by atoms with Crippen LogP contribution in [0.1, 0.15) is 2.85 Å². The van der Waals surface area contributed by atoms with E-state index in [1.54, 1.807) is 0 Å². The minimum atomic E-state index is -4.64. The maximum absolute atomic E-state index is 8.88. The molecule has 0 aromatic carbocycles. The molecule has 0 heterocycles. The minimum absolute atomic E-state index is 0. The van der Waals surface area contributed by atoms with Gasteiger partial charge in [-0.05, 0) is 0 Å². The maximum atomic E-state index is 8.88. The number of phosphoric acid groups is 1. The molecule has 8 heteroatoms. The average Bonchev–Trinajstić information content (AvgIpc) is 0.722. The van der Waals surface area contributed by atoms with E-state index in [1.165, 1.54) is 0 Å². The summed E-state index contributed by atoms with van der Waals surface area (Å²) < 4.78 is 8.88. The number of hydrogen-bond donors (Lipinski definition) is 3. The zero-order chi connectivity index (χ0) is 4.50. The first-order chi connectivity index (χ1) is 2.00. The van der Waals surface area contributed by atoms with Crippen molar-refractivity contribution in [2.75, 3.05) is 0 Å². The fourth-order valence-corrected chi connectivity index (χ4v) is 0. The van der Waals surface area contributed by atoms with E-state index in [0.717, 1.165) is 0 Å². The van der Waals surface area contributed by atoms with E-state index in [1.807, 2.05) is 0 Å². The zero-order valence-corrected chi connectivity index (χ0v) is 12.5. The van der Waals surface area contributed by atoms with Crippen LogP contribution in [0.5, 0.6) is 0 Å². The van der Waals surface area contributed by atoms with Crippen LogP contribution in [0, 0.1) is 0 Å². The largest absolute Gasteiger partial charge is 2.00 e. The van der Waals surface area contributed by atoms with E-state index in [-0.39, 0.29) is 94.4 Å². The van der Waals surface area contributed by atoms with E-state index in [4.69, 9.17) is 19.2 Å². The van der Waals surface area contributed by atoms with Crippen molar-refractivity contribution in [1.29, 1.82) is 0 Å². The molecule has 50 valence electrons. The smallest absolute Gasteiger partial charge is 1.00 e. The minimum Gasteiger partial charge on any atom is -1.00 e. The first-order valence-electron chi connectivity index (χ1n) is 0.783. The van der Waals surface area contributed by atoms with E-state index >= 15 is 0 Å². The predicted octanol–water partition coefficient (Wildman–Crippen LogP) is -1.09. The summed E-state index contributed by atoms with van der Waals surface area (Å²) in [6, 6.07) is 0. The average molecular weight is 387 g/mol. The van der Waals surface area contributed by atoms with E-state index < -0.39 is 7.82 Å². The van der Waals surface area contributed by atoms with Gasteiger partial charge in [0, 0.05) is 42.7 Å². The van der Waals surface area contributed by atoms with Crippen LogP contribution in [0.15, 0.2) is 0 Å². The fourth-order valence-electron chi connectivity index (χ4n) is 0. The molecule has 0 radical (unpaired) electrons. The molecule has 0 aromatic heterocycles. The Morgan fingerprint density at radius 1 is 1.25 bits per heavy atom. The van der Waals surface area contributed by atoms with Crippen LogP contribution in [-0.4, -0.2) is 63.6 Å². The second kappa shape index (κ2) is 10.1. The molecule has 0 fully saturated rings. The predicted molar refractivity (Wildman–Crippen MR) is 22.2 cm³/mol. The van der Waals surface area contributed by atoms with Crippen LogP contribution in [0.2, 0.25) is 0 Å². The quantitative estimate of drug-likeness (QED) is 0.365. The number of rotatable bonds is 0. The van der Waals surface area contributed by atoms with E-state index in [9.17, 15) is 0 Å². The summed E-state index contributed by atoms with van der Waals surface area (Å²) in [5.74, 6) is 0. The molecule has 0 aliphatic heterocycles. The van der Waals surface area contributed by atoms with Gasteiger partial charge in [0.25, 0.3) is 0 Å². The molecule has 0 aliphatic carbocycles.